The van der Waals surface area contributed by atoms with E-state index in [1.54, 1.807) is 18.4 Å². The first kappa shape index (κ1) is 15.4. The number of rotatable bonds is 7. The second-order valence-corrected chi connectivity index (χ2v) is 6.24. The smallest absolute Gasteiger partial charge is 0.0948 e. The molecule has 1 aromatic heterocycles. The second kappa shape index (κ2) is 7.74. The fraction of sp³-hybridized carbons (Fsp3) is 0.400. The molecule has 1 aromatic carbocycles. The standard InChI is InChI=1S/C15H19ClN2OS/c1-11-15(12-3-5-13(16)6-4-12)18-14(20-11)7-8-17-9-10-19-2/h3-6,17H,7-10H2,1-2H3. The van der Waals surface area contributed by atoms with Crippen LogP contribution in [0.4, 0.5) is 0 Å². The van der Waals surface area contributed by atoms with Gasteiger partial charge in [-0.2, -0.15) is 0 Å². The topological polar surface area (TPSA) is 34.1 Å². The number of ether oxygens (including phenoxy) is 1. The molecule has 0 aliphatic carbocycles. The van der Waals surface area contributed by atoms with Gasteiger partial charge in [0.05, 0.1) is 17.3 Å². The van der Waals surface area contributed by atoms with Gasteiger partial charge in [-0.15, -0.1) is 11.3 Å². The first-order valence-electron chi connectivity index (χ1n) is 6.62. The summed E-state index contributed by atoms with van der Waals surface area (Å²) in [5.41, 5.74) is 2.19. The molecular weight excluding hydrogens is 292 g/mol. The summed E-state index contributed by atoms with van der Waals surface area (Å²) in [6, 6.07) is 7.85. The molecule has 0 bridgehead atoms. The Hall–Kier alpha value is -0.940. The summed E-state index contributed by atoms with van der Waals surface area (Å²) in [5, 5.41) is 5.25. The Bertz CT molecular complexity index is 539. The third kappa shape index (κ3) is 4.28. The van der Waals surface area contributed by atoms with E-state index in [0.717, 1.165) is 47.4 Å². The van der Waals surface area contributed by atoms with Crippen LogP contribution in [0.25, 0.3) is 11.3 Å². The van der Waals surface area contributed by atoms with E-state index in [1.165, 1.54) is 4.88 Å². The van der Waals surface area contributed by atoms with Crippen molar-refractivity contribution in [2.24, 2.45) is 0 Å². The van der Waals surface area contributed by atoms with E-state index in [0.29, 0.717) is 0 Å². The van der Waals surface area contributed by atoms with Crippen LogP contribution in [0.15, 0.2) is 24.3 Å². The Morgan fingerprint density at radius 2 is 2.00 bits per heavy atom. The van der Waals surface area contributed by atoms with E-state index < -0.39 is 0 Å². The zero-order chi connectivity index (χ0) is 14.4. The Balaban J connectivity index is 1.97. The highest BCUT2D eigenvalue weighted by Crippen LogP contribution is 2.28. The van der Waals surface area contributed by atoms with E-state index in [1.807, 2.05) is 24.3 Å². The van der Waals surface area contributed by atoms with Crippen molar-refractivity contribution in [2.75, 3.05) is 26.8 Å². The minimum atomic E-state index is 0.743. The molecule has 0 saturated heterocycles. The quantitative estimate of drug-likeness (QED) is 0.794. The van der Waals surface area contributed by atoms with Crippen molar-refractivity contribution in [2.45, 2.75) is 13.3 Å². The molecule has 0 unspecified atom stereocenters. The van der Waals surface area contributed by atoms with Gasteiger partial charge in [0.25, 0.3) is 0 Å². The van der Waals surface area contributed by atoms with E-state index in [9.17, 15) is 0 Å². The summed E-state index contributed by atoms with van der Waals surface area (Å²) in [7, 11) is 1.71. The van der Waals surface area contributed by atoms with E-state index >= 15 is 0 Å². The highest BCUT2D eigenvalue weighted by atomic mass is 35.5. The average Bonchev–Trinajstić information content (AvgIpc) is 2.81. The normalized spacial score (nSPS) is 10.9. The van der Waals surface area contributed by atoms with Gasteiger partial charge in [0.1, 0.15) is 0 Å². The lowest BCUT2D eigenvalue weighted by Gasteiger charge is -2.01. The van der Waals surface area contributed by atoms with E-state index in [2.05, 4.69) is 12.2 Å². The largest absolute Gasteiger partial charge is 0.383 e. The first-order chi connectivity index (χ1) is 9.70. The molecule has 2 rings (SSSR count). The maximum Gasteiger partial charge on any atom is 0.0948 e. The molecule has 1 heterocycles. The van der Waals surface area contributed by atoms with Crippen LogP contribution in [0.2, 0.25) is 5.02 Å². The fourth-order valence-electron chi connectivity index (χ4n) is 1.93. The lowest BCUT2D eigenvalue weighted by Crippen LogP contribution is -2.21. The molecule has 0 aliphatic heterocycles. The van der Waals surface area contributed by atoms with Crippen LogP contribution < -0.4 is 5.32 Å². The molecule has 20 heavy (non-hydrogen) atoms. The van der Waals surface area contributed by atoms with Gasteiger partial charge in [0, 0.05) is 42.1 Å². The van der Waals surface area contributed by atoms with Crippen molar-refractivity contribution in [1.82, 2.24) is 10.3 Å². The van der Waals surface area contributed by atoms with Crippen LogP contribution in [0, 0.1) is 6.92 Å². The van der Waals surface area contributed by atoms with Crippen molar-refractivity contribution < 1.29 is 4.74 Å². The number of benzene rings is 1. The van der Waals surface area contributed by atoms with Crippen LogP contribution >= 0.6 is 22.9 Å². The zero-order valence-corrected chi connectivity index (χ0v) is 13.4. The van der Waals surface area contributed by atoms with Crippen LogP contribution in [-0.4, -0.2) is 31.8 Å². The van der Waals surface area contributed by atoms with Crippen molar-refractivity contribution in [3.05, 3.63) is 39.2 Å². The molecule has 0 saturated carbocycles. The molecule has 0 spiro atoms. The Morgan fingerprint density at radius 3 is 2.70 bits per heavy atom. The minimum absolute atomic E-state index is 0.743. The Kier molecular flexibility index (Phi) is 5.98. The van der Waals surface area contributed by atoms with Crippen LogP contribution in [0.1, 0.15) is 9.88 Å². The molecule has 1 N–H and O–H groups in total. The Labute approximate surface area is 129 Å². The molecule has 0 fully saturated rings. The molecule has 0 amide bonds. The third-order valence-corrected chi connectivity index (χ3v) is 4.24. The number of thiazole rings is 1. The molecule has 3 nitrogen and oxygen atoms in total. The number of halogens is 1. The van der Waals surface area contributed by atoms with Gasteiger partial charge in [-0.25, -0.2) is 4.98 Å². The zero-order valence-electron chi connectivity index (χ0n) is 11.8. The van der Waals surface area contributed by atoms with Gasteiger partial charge in [0.2, 0.25) is 0 Å². The highest BCUT2D eigenvalue weighted by Gasteiger charge is 2.09. The molecule has 5 heteroatoms. The highest BCUT2D eigenvalue weighted by molar-refractivity contribution is 7.12. The van der Waals surface area contributed by atoms with E-state index in [-0.39, 0.29) is 0 Å². The molecule has 0 radical (unpaired) electrons. The van der Waals surface area contributed by atoms with Crippen LogP contribution in [-0.2, 0) is 11.2 Å². The predicted octanol–water partition coefficient (Wildman–Crippen LogP) is 3.55. The van der Waals surface area contributed by atoms with Crippen molar-refractivity contribution in [3.8, 4) is 11.3 Å². The monoisotopic (exact) mass is 310 g/mol. The third-order valence-electron chi connectivity index (χ3n) is 2.96. The molecular formula is C15H19ClN2OS. The van der Waals surface area contributed by atoms with Gasteiger partial charge in [0.15, 0.2) is 0 Å². The van der Waals surface area contributed by atoms with Gasteiger partial charge in [-0.1, -0.05) is 23.7 Å². The Morgan fingerprint density at radius 1 is 1.25 bits per heavy atom. The van der Waals surface area contributed by atoms with Gasteiger partial charge in [-0.3, -0.25) is 0 Å². The number of nitrogens with zero attached hydrogens (tertiary/aromatic N) is 1. The van der Waals surface area contributed by atoms with Gasteiger partial charge >= 0.3 is 0 Å². The molecule has 108 valence electrons. The predicted molar refractivity (Wildman–Crippen MR) is 85.7 cm³/mol. The van der Waals surface area contributed by atoms with Crippen molar-refractivity contribution in [3.63, 3.8) is 0 Å². The van der Waals surface area contributed by atoms with E-state index in [4.69, 9.17) is 21.3 Å². The van der Waals surface area contributed by atoms with Gasteiger partial charge in [-0.05, 0) is 19.1 Å². The number of aryl methyl sites for hydroxylation is 1. The molecule has 0 aliphatic rings. The minimum Gasteiger partial charge on any atom is -0.383 e. The maximum atomic E-state index is 5.92. The van der Waals surface area contributed by atoms with Gasteiger partial charge < -0.3 is 10.1 Å². The second-order valence-electron chi connectivity index (χ2n) is 4.51. The summed E-state index contributed by atoms with van der Waals surface area (Å²) >= 11 is 7.68. The number of hydrogen-bond donors (Lipinski definition) is 1. The van der Waals surface area contributed by atoms with Crippen molar-refractivity contribution >= 4 is 22.9 Å². The number of nitrogens with one attached hydrogen (secondary N) is 1. The van der Waals surface area contributed by atoms with Crippen molar-refractivity contribution in [1.29, 1.82) is 0 Å². The lowest BCUT2D eigenvalue weighted by atomic mass is 10.1. The molecule has 0 atom stereocenters. The number of methoxy groups -OCH3 is 1. The van der Waals surface area contributed by atoms with Crippen LogP contribution in [0.3, 0.4) is 0 Å². The fourth-order valence-corrected chi connectivity index (χ4v) is 3.01. The number of hydrogen-bond acceptors (Lipinski definition) is 4. The summed E-state index contributed by atoms with van der Waals surface area (Å²) in [4.78, 5) is 5.98. The summed E-state index contributed by atoms with van der Waals surface area (Å²) in [6.45, 7) is 4.66. The number of aromatic nitrogens is 1. The average molecular weight is 311 g/mol. The summed E-state index contributed by atoms with van der Waals surface area (Å²) < 4.78 is 5.00. The summed E-state index contributed by atoms with van der Waals surface area (Å²) in [6.07, 6.45) is 0.947. The molecule has 2 aromatic rings. The SMILES string of the molecule is COCCNCCc1nc(-c2ccc(Cl)cc2)c(C)s1. The summed E-state index contributed by atoms with van der Waals surface area (Å²) in [5.74, 6) is 0. The first-order valence-corrected chi connectivity index (χ1v) is 7.82. The lowest BCUT2D eigenvalue weighted by molar-refractivity contribution is 0.199. The maximum absolute atomic E-state index is 5.92. The van der Waals surface area contributed by atoms with Crippen LogP contribution in [0.5, 0.6) is 0 Å².